The van der Waals surface area contributed by atoms with Crippen LogP contribution in [0.3, 0.4) is 0 Å². The Morgan fingerprint density at radius 2 is 1.78 bits per heavy atom. The highest BCUT2D eigenvalue weighted by molar-refractivity contribution is 8.00. The maximum absolute atomic E-state index is 13.3. The van der Waals surface area contributed by atoms with E-state index in [4.69, 9.17) is 23.2 Å². The maximum Gasteiger partial charge on any atom is 0.243 e. The largest absolute Gasteiger partial charge is 0.352 e. The van der Waals surface area contributed by atoms with Crippen LogP contribution in [0, 0.1) is 6.92 Å². The summed E-state index contributed by atoms with van der Waals surface area (Å²) in [4.78, 5) is 29.2. The number of carbonyl (C=O) groups excluding carboxylic acids is 2. The van der Waals surface area contributed by atoms with Crippen LogP contribution in [-0.4, -0.2) is 34.6 Å². The van der Waals surface area contributed by atoms with Crippen LogP contribution < -0.4 is 5.32 Å². The molecule has 1 aliphatic carbocycles. The Hall–Kier alpha value is -1.69. The zero-order valence-corrected chi connectivity index (χ0v) is 20.9. The van der Waals surface area contributed by atoms with Crippen molar-refractivity contribution in [3.8, 4) is 0 Å². The highest BCUT2D eigenvalue weighted by Crippen LogP contribution is 2.26. The molecule has 2 aromatic rings. The molecular weight excluding hydrogens is 463 g/mol. The van der Waals surface area contributed by atoms with Crippen LogP contribution in [0.4, 0.5) is 0 Å². The Balaban J connectivity index is 1.77. The number of amides is 2. The Labute approximate surface area is 205 Å². The minimum Gasteiger partial charge on any atom is -0.352 e. The lowest BCUT2D eigenvalue weighted by atomic mass is 10.1. The van der Waals surface area contributed by atoms with E-state index >= 15 is 0 Å². The van der Waals surface area contributed by atoms with Gasteiger partial charge in [-0.1, -0.05) is 66.7 Å². The van der Waals surface area contributed by atoms with Gasteiger partial charge in [0.15, 0.2) is 0 Å². The number of hydrogen-bond acceptors (Lipinski definition) is 3. The predicted octanol–water partition coefficient (Wildman–Crippen LogP) is 6.26. The molecule has 0 saturated heterocycles. The van der Waals surface area contributed by atoms with Crippen LogP contribution in [0.2, 0.25) is 10.0 Å². The molecule has 3 rings (SSSR count). The van der Waals surface area contributed by atoms with Crippen molar-refractivity contribution in [1.82, 2.24) is 10.2 Å². The average molecular weight is 494 g/mol. The van der Waals surface area contributed by atoms with Gasteiger partial charge in [0, 0.05) is 17.5 Å². The van der Waals surface area contributed by atoms with Gasteiger partial charge in [-0.25, -0.2) is 0 Å². The van der Waals surface area contributed by atoms with E-state index in [0.29, 0.717) is 23.0 Å². The molecule has 1 atom stereocenters. The fourth-order valence-electron chi connectivity index (χ4n) is 3.98. The lowest BCUT2D eigenvalue weighted by molar-refractivity contribution is -0.139. The molecule has 0 aromatic heterocycles. The summed E-state index contributed by atoms with van der Waals surface area (Å²) in [5.74, 6) is 0.112. The molecule has 32 heavy (non-hydrogen) atoms. The summed E-state index contributed by atoms with van der Waals surface area (Å²) in [7, 11) is 0. The second-order valence-corrected chi connectivity index (χ2v) is 10.1. The van der Waals surface area contributed by atoms with Crippen LogP contribution in [-0.2, 0) is 16.1 Å². The summed E-state index contributed by atoms with van der Waals surface area (Å²) in [5, 5.41) is 4.07. The Morgan fingerprint density at radius 1 is 1.09 bits per heavy atom. The number of hydrogen-bond donors (Lipinski definition) is 1. The molecule has 0 radical (unpaired) electrons. The van der Waals surface area contributed by atoms with Gasteiger partial charge in [0.2, 0.25) is 11.8 Å². The van der Waals surface area contributed by atoms with Gasteiger partial charge in [-0.3, -0.25) is 9.59 Å². The van der Waals surface area contributed by atoms with Gasteiger partial charge in [0.25, 0.3) is 0 Å². The van der Waals surface area contributed by atoms with Crippen molar-refractivity contribution in [1.29, 1.82) is 0 Å². The van der Waals surface area contributed by atoms with Gasteiger partial charge in [-0.15, -0.1) is 11.8 Å². The third-order valence-corrected chi connectivity index (χ3v) is 7.54. The maximum atomic E-state index is 13.3. The van der Waals surface area contributed by atoms with E-state index in [-0.39, 0.29) is 23.6 Å². The first-order valence-corrected chi connectivity index (χ1v) is 12.8. The van der Waals surface area contributed by atoms with E-state index in [9.17, 15) is 9.59 Å². The van der Waals surface area contributed by atoms with Crippen LogP contribution in [0.1, 0.15) is 50.2 Å². The van der Waals surface area contributed by atoms with Crippen molar-refractivity contribution in [2.24, 2.45) is 0 Å². The summed E-state index contributed by atoms with van der Waals surface area (Å²) in [5.41, 5.74) is 2.02. The normalized spacial score (nSPS) is 14.9. The van der Waals surface area contributed by atoms with E-state index < -0.39 is 6.04 Å². The van der Waals surface area contributed by atoms with Gasteiger partial charge in [-0.2, -0.15) is 0 Å². The van der Waals surface area contributed by atoms with Gasteiger partial charge in [0.05, 0.1) is 15.8 Å². The number of nitrogens with zero attached hydrogens (tertiary/aromatic N) is 1. The number of nitrogens with one attached hydrogen (secondary N) is 1. The van der Waals surface area contributed by atoms with Gasteiger partial charge < -0.3 is 10.2 Å². The number of halogens is 2. The Kier molecular flexibility index (Phi) is 9.33. The van der Waals surface area contributed by atoms with Crippen molar-refractivity contribution < 1.29 is 9.59 Å². The topological polar surface area (TPSA) is 49.4 Å². The summed E-state index contributed by atoms with van der Waals surface area (Å²) in [6.45, 7) is 4.29. The average Bonchev–Trinajstić information content (AvgIpc) is 3.28. The molecule has 172 valence electrons. The molecule has 7 heteroatoms. The quantitative estimate of drug-likeness (QED) is 0.420. The molecule has 1 N–H and O–H groups in total. The summed E-state index contributed by atoms with van der Waals surface area (Å²) < 4.78 is 0. The smallest absolute Gasteiger partial charge is 0.243 e. The number of carbonyl (C=O) groups is 2. The molecule has 0 spiro atoms. The van der Waals surface area contributed by atoms with Crippen molar-refractivity contribution in [3.63, 3.8) is 0 Å². The van der Waals surface area contributed by atoms with Crippen LogP contribution >= 0.6 is 35.0 Å². The van der Waals surface area contributed by atoms with Gasteiger partial charge in [0.1, 0.15) is 6.04 Å². The van der Waals surface area contributed by atoms with Gasteiger partial charge in [-0.05, 0) is 56.0 Å². The number of aryl methyl sites for hydroxylation is 1. The molecule has 0 aliphatic heterocycles. The van der Waals surface area contributed by atoms with E-state index in [0.717, 1.165) is 36.1 Å². The molecule has 1 unspecified atom stereocenters. The molecule has 0 heterocycles. The van der Waals surface area contributed by atoms with Crippen molar-refractivity contribution in [3.05, 3.63) is 63.6 Å². The minimum absolute atomic E-state index is 0.0740. The first-order valence-electron chi connectivity index (χ1n) is 11.1. The third kappa shape index (κ3) is 6.90. The fourth-order valence-corrected chi connectivity index (χ4v) is 5.09. The molecule has 1 saturated carbocycles. The Bertz CT molecular complexity index is 930. The first-order chi connectivity index (χ1) is 15.4. The van der Waals surface area contributed by atoms with Crippen molar-refractivity contribution >= 4 is 46.8 Å². The van der Waals surface area contributed by atoms with E-state index in [1.54, 1.807) is 17.0 Å². The second kappa shape index (κ2) is 12.0. The standard InChI is InChI=1S/C25H30Cl2N2O2S/c1-3-23(25(31)28-19-6-4-5-7-19)29(15-18-10-13-21(26)22(27)14-18)24(30)16-32-20-11-8-17(2)9-12-20/h8-14,19,23H,3-7,15-16H2,1-2H3,(H,28,31). The molecular formula is C25H30Cl2N2O2S. The predicted molar refractivity (Wildman–Crippen MR) is 133 cm³/mol. The second-order valence-electron chi connectivity index (χ2n) is 8.29. The van der Waals surface area contributed by atoms with Crippen molar-refractivity contribution in [2.45, 2.75) is 69.5 Å². The van der Waals surface area contributed by atoms with Crippen LogP contribution in [0.25, 0.3) is 0 Å². The first kappa shape index (κ1) is 24.9. The molecule has 1 aliphatic rings. The zero-order valence-electron chi connectivity index (χ0n) is 18.6. The SMILES string of the molecule is CCC(C(=O)NC1CCCC1)N(Cc1ccc(Cl)c(Cl)c1)C(=O)CSc1ccc(C)cc1. The minimum atomic E-state index is -0.531. The molecule has 2 amide bonds. The lowest BCUT2D eigenvalue weighted by Crippen LogP contribution is -2.51. The lowest BCUT2D eigenvalue weighted by Gasteiger charge is -2.31. The number of thioether (sulfide) groups is 1. The molecule has 1 fully saturated rings. The summed E-state index contributed by atoms with van der Waals surface area (Å²) in [6, 6.07) is 13.1. The van der Waals surface area contributed by atoms with Crippen LogP contribution in [0.15, 0.2) is 47.4 Å². The zero-order chi connectivity index (χ0) is 23.1. The molecule has 0 bridgehead atoms. The van der Waals surface area contributed by atoms with Crippen LogP contribution in [0.5, 0.6) is 0 Å². The number of benzene rings is 2. The highest BCUT2D eigenvalue weighted by atomic mass is 35.5. The molecule has 4 nitrogen and oxygen atoms in total. The molecule has 2 aromatic carbocycles. The number of rotatable bonds is 9. The van der Waals surface area contributed by atoms with E-state index in [2.05, 4.69) is 5.32 Å². The fraction of sp³-hybridized carbons (Fsp3) is 0.440. The Morgan fingerprint density at radius 3 is 2.41 bits per heavy atom. The monoisotopic (exact) mass is 492 g/mol. The summed E-state index contributed by atoms with van der Waals surface area (Å²) in [6.07, 6.45) is 4.83. The van der Waals surface area contributed by atoms with Gasteiger partial charge >= 0.3 is 0 Å². The van der Waals surface area contributed by atoms with E-state index in [1.807, 2.05) is 44.2 Å². The van der Waals surface area contributed by atoms with E-state index in [1.165, 1.54) is 17.3 Å². The van der Waals surface area contributed by atoms with Crippen molar-refractivity contribution in [2.75, 3.05) is 5.75 Å². The highest BCUT2D eigenvalue weighted by Gasteiger charge is 2.30. The summed E-state index contributed by atoms with van der Waals surface area (Å²) >= 11 is 13.7. The third-order valence-electron chi connectivity index (χ3n) is 5.81.